The van der Waals surface area contributed by atoms with Gasteiger partial charge in [0, 0.05) is 12.6 Å². The Labute approximate surface area is 186 Å². The van der Waals surface area contributed by atoms with Crippen molar-refractivity contribution in [2.45, 2.75) is 73.0 Å². The normalized spacial score (nSPS) is 12.7. The second-order valence-corrected chi connectivity index (χ2v) is 8.25. The maximum atomic E-state index is 13.3. The lowest BCUT2D eigenvalue weighted by Gasteiger charge is -2.32. The van der Waals surface area contributed by atoms with E-state index < -0.39 is 6.04 Å². The Morgan fingerprint density at radius 3 is 2.35 bits per heavy atom. The van der Waals surface area contributed by atoms with E-state index in [1.165, 1.54) is 0 Å². The highest BCUT2D eigenvalue weighted by atomic mass is 16.5. The fourth-order valence-corrected chi connectivity index (χ4v) is 3.42. The van der Waals surface area contributed by atoms with Gasteiger partial charge in [-0.05, 0) is 68.9 Å². The topological polar surface area (TPSA) is 58.6 Å². The molecule has 168 valence electrons. The summed E-state index contributed by atoms with van der Waals surface area (Å²) in [5, 5.41) is 3.03. The van der Waals surface area contributed by atoms with Gasteiger partial charge in [-0.3, -0.25) is 9.59 Å². The number of rotatable bonds is 10. The van der Waals surface area contributed by atoms with E-state index in [1.54, 1.807) is 4.90 Å². The van der Waals surface area contributed by atoms with Crippen LogP contribution >= 0.6 is 0 Å². The molecule has 1 N–H and O–H groups in total. The molecular formula is C26H36N2O3. The van der Waals surface area contributed by atoms with Crippen molar-refractivity contribution in [2.24, 2.45) is 0 Å². The third kappa shape index (κ3) is 6.84. The minimum absolute atomic E-state index is 0.0585. The molecule has 0 spiro atoms. The summed E-state index contributed by atoms with van der Waals surface area (Å²) in [7, 11) is 0. The maximum absolute atomic E-state index is 13.3. The van der Waals surface area contributed by atoms with Gasteiger partial charge in [0.1, 0.15) is 11.8 Å². The first-order valence-corrected chi connectivity index (χ1v) is 11.1. The van der Waals surface area contributed by atoms with Crippen molar-refractivity contribution in [3.05, 3.63) is 64.7 Å². The number of aryl methyl sites for hydroxylation is 3. The van der Waals surface area contributed by atoms with Crippen molar-refractivity contribution in [3.63, 3.8) is 0 Å². The van der Waals surface area contributed by atoms with Crippen LogP contribution in [0.4, 0.5) is 0 Å². The Bertz CT molecular complexity index is 894. The fraction of sp³-hybridized carbons (Fsp3) is 0.462. The molecule has 0 saturated carbocycles. The molecule has 2 unspecified atom stereocenters. The van der Waals surface area contributed by atoms with Gasteiger partial charge in [-0.25, -0.2) is 0 Å². The van der Waals surface area contributed by atoms with Gasteiger partial charge in [-0.2, -0.15) is 0 Å². The summed E-state index contributed by atoms with van der Waals surface area (Å²) in [6.45, 7) is 12.2. The largest absolute Gasteiger partial charge is 0.483 e. The number of ether oxygens (including phenoxy) is 1. The number of amides is 2. The summed E-state index contributed by atoms with van der Waals surface area (Å²) < 4.78 is 5.88. The SMILES string of the molecule is CCC(C)NC(=O)C(CC)N(Cc1ccccc1C)C(=O)COc1cc(C)ccc1C. The van der Waals surface area contributed by atoms with Gasteiger partial charge >= 0.3 is 0 Å². The minimum Gasteiger partial charge on any atom is -0.483 e. The van der Waals surface area contributed by atoms with E-state index >= 15 is 0 Å². The van der Waals surface area contributed by atoms with Crippen molar-refractivity contribution in [1.29, 1.82) is 0 Å². The highest BCUT2D eigenvalue weighted by Gasteiger charge is 2.29. The van der Waals surface area contributed by atoms with Crippen LogP contribution < -0.4 is 10.1 Å². The third-order valence-corrected chi connectivity index (χ3v) is 5.68. The van der Waals surface area contributed by atoms with Crippen LogP contribution in [-0.4, -0.2) is 35.4 Å². The average Bonchev–Trinajstić information content (AvgIpc) is 2.75. The van der Waals surface area contributed by atoms with E-state index in [0.717, 1.165) is 28.7 Å². The Morgan fingerprint density at radius 2 is 1.71 bits per heavy atom. The molecule has 0 aliphatic heterocycles. The van der Waals surface area contributed by atoms with Gasteiger partial charge in [-0.1, -0.05) is 50.2 Å². The van der Waals surface area contributed by atoms with Gasteiger partial charge < -0.3 is 15.0 Å². The summed E-state index contributed by atoms with van der Waals surface area (Å²) in [6, 6.07) is 13.4. The lowest BCUT2D eigenvalue weighted by molar-refractivity contribution is -0.143. The molecule has 0 saturated heterocycles. The molecule has 2 amide bonds. The number of carbonyl (C=O) groups is 2. The lowest BCUT2D eigenvalue weighted by atomic mass is 10.1. The molecule has 2 rings (SSSR count). The molecule has 0 fully saturated rings. The number of hydrogen-bond donors (Lipinski definition) is 1. The number of nitrogens with zero attached hydrogens (tertiary/aromatic N) is 1. The predicted molar refractivity (Wildman–Crippen MR) is 125 cm³/mol. The van der Waals surface area contributed by atoms with E-state index in [-0.39, 0.29) is 24.5 Å². The maximum Gasteiger partial charge on any atom is 0.261 e. The molecule has 31 heavy (non-hydrogen) atoms. The van der Waals surface area contributed by atoms with E-state index in [1.807, 2.05) is 84.0 Å². The van der Waals surface area contributed by atoms with Crippen LogP contribution in [0.15, 0.2) is 42.5 Å². The van der Waals surface area contributed by atoms with Crippen molar-refractivity contribution >= 4 is 11.8 Å². The summed E-state index contributed by atoms with van der Waals surface area (Å²) in [6.07, 6.45) is 1.37. The first-order valence-electron chi connectivity index (χ1n) is 11.1. The van der Waals surface area contributed by atoms with Crippen LogP contribution in [0.3, 0.4) is 0 Å². The smallest absolute Gasteiger partial charge is 0.261 e. The van der Waals surface area contributed by atoms with Crippen molar-refractivity contribution < 1.29 is 14.3 Å². The Balaban J connectivity index is 2.26. The van der Waals surface area contributed by atoms with Gasteiger partial charge in [0.25, 0.3) is 5.91 Å². The fourth-order valence-electron chi connectivity index (χ4n) is 3.42. The van der Waals surface area contributed by atoms with Crippen LogP contribution in [0.25, 0.3) is 0 Å². The van der Waals surface area contributed by atoms with Crippen molar-refractivity contribution in [1.82, 2.24) is 10.2 Å². The molecule has 2 aromatic carbocycles. The first-order chi connectivity index (χ1) is 14.8. The molecular weight excluding hydrogens is 388 g/mol. The molecule has 0 heterocycles. The number of nitrogens with one attached hydrogen (secondary N) is 1. The van der Waals surface area contributed by atoms with Crippen LogP contribution in [0, 0.1) is 20.8 Å². The zero-order valence-electron chi connectivity index (χ0n) is 19.7. The predicted octanol–water partition coefficient (Wildman–Crippen LogP) is 4.71. The molecule has 0 aliphatic carbocycles. The van der Waals surface area contributed by atoms with Crippen LogP contribution in [0.1, 0.15) is 55.9 Å². The minimum atomic E-state index is -0.552. The van der Waals surface area contributed by atoms with E-state index in [0.29, 0.717) is 18.7 Å². The van der Waals surface area contributed by atoms with Crippen molar-refractivity contribution in [2.75, 3.05) is 6.61 Å². The molecule has 5 nitrogen and oxygen atoms in total. The summed E-state index contributed by atoms with van der Waals surface area (Å²) in [5.74, 6) is 0.377. The van der Waals surface area contributed by atoms with Gasteiger partial charge in [-0.15, -0.1) is 0 Å². The Morgan fingerprint density at radius 1 is 1.00 bits per heavy atom. The quantitative estimate of drug-likeness (QED) is 0.601. The number of carbonyl (C=O) groups excluding carboxylic acids is 2. The highest BCUT2D eigenvalue weighted by Crippen LogP contribution is 2.20. The van der Waals surface area contributed by atoms with Crippen LogP contribution in [-0.2, 0) is 16.1 Å². The zero-order valence-corrected chi connectivity index (χ0v) is 19.7. The van der Waals surface area contributed by atoms with Crippen LogP contribution in [0.2, 0.25) is 0 Å². The van der Waals surface area contributed by atoms with E-state index in [4.69, 9.17) is 4.74 Å². The van der Waals surface area contributed by atoms with Crippen molar-refractivity contribution in [3.8, 4) is 5.75 Å². The summed E-state index contributed by atoms with van der Waals surface area (Å²) in [5.41, 5.74) is 4.17. The van der Waals surface area contributed by atoms with E-state index in [9.17, 15) is 9.59 Å². The monoisotopic (exact) mass is 424 g/mol. The Kier molecular flexibility index (Phi) is 9.10. The molecule has 0 aromatic heterocycles. The molecule has 2 aromatic rings. The molecule has 0 radical (unpaired) electrons. The first kappa shape index (κ1) is 24.4. The number of hydrogen-bond acceptors (Lipinski definition) is 3. The van der Waals surface area contributed by atoms with Gasteiger partial charge in [0.2, 0.25) is 5.91 Å². The lowest BCUT2D eigenvalue weighted by Crippen LogP contribution is -2.51. The van der Waals surface area contributed by atoms with E-state index in [2.05, 4.69) is 5.32 Å². The van der Waals surface area contributed by atoms with Gasteiger partial charge in [0.05, 0.1) is 0 Å². The molecule has 2 atom stereocenters. The second-order valence-electron chi connectivity index (χ2n) is 8.25. The molecule has 0 bridgehead atoms. The zero-order chi connectivity index (χ0) is 23.0. The average molecular weight is 425 g/mol. The second kappa shape index (κ2) is 11.5. The standard InChI is InChI=1S/C26H36N2O3/c1-7-21(6)27-26(30)23(8-2)28(16-22-12-10-9-11-19(22)4)25(29)17-31-24-15-18(3)13-14-20(24)5/h9-15,21,23H,7-8,16-17H2,1-6H3,(H,27,30). The summed E-state index contributed by atoms with van der Waals surface area (Å²) in [4.78, 5) is 28.0. The molecule has 0 aliphatic rings. The Hall–Kier alpha value is -2.82. The summed E-state index contributed by atoms with van der Waals surface area (Å²) >= 11 is 0. The van der Waals surface area contributed by atoms with Gasteiger partial charge in [0.15, 0.2) is 6.61 Å². The number of benzene rings is 2. The highest BCUT2D eigenvalue weighted by molar-refractivity contribution is 5.88. The third-order valence-electron chi connectivity index (χ3n) is 5.68. The molecule has 5 heteroatoms. The van der Waals surface area contributed by atoms with Crippen LogP contribution in [0.5, 0.6) is 5.75 Å².